The van der Waals surface area contributed by atoms with Crippen molar-refractivity contribution in [3.63, 3.8) is 0 Å². The van der Waals surface area contributed by atoms with Gasteiger partial charge in [-0.15, -0.1) is 0 Å². The van der Waals surface area contributed by atoms with Gasteiger partial charge in [0.25, 0.3) is 0 Å². The average Bonchev–Trinajstić information content (AvgIpc) is 2.93. The molecule has 0 radical (unpaired) electrons. The molecule has 0 bridgehead atoms. The molecule has 94 valence electrons. The van der Waals surface area contributed by atoms with Crippen LogP contribution in [0.5, 0.6) is 0 Å². The molecule has 0 saturated heterocycles. The van der Waals surface area contributed by atoms with E-state index in [9.17, 15) is 0 Å². The van der Waals surface area contributed by atoms with E-state index in [4.69, 9.17) is 10.3 Å². The van der Waals surface area contributed by atoms with Crippen LogP contribution in [0, 0.1) is 0 Å². The highest BCUT2D eigenvalue weighted by Gasteiger charge is 2.21. The summed E-state index contributed by atoms with van der Waals surface area (Å²) in [5, 5.41) is 3.72. The van der Waals surface area contributed by atoms with E-state index in [1.54, 1.807) is 6.07 Å². The SMILES string of the molecule is CC(C)N1Cc2ccc(-c3cc(N)no3)cc2C1. The molecule has 1 aromatic heterocycles. The second-order valence-electron chi connectivity index (χ2n) is 5.10. The predicted octanol–water partition coefficient (Wildman–Crippen LogP) is 2.65. The molecule has 18 heavy (non-hydrogen) atoms. The van der Waals surface area contributed by atoms with Crippen LogP contribution in [0.1, 0.15) is 25.0 Å². The minimum Gasteiger partial charge on any atom is -0.381 e. The van der Waals surface area contributed by atoms with Crippen LogP contribution in [-0.2, 0) is 13.1 Å². The summed E-state index contributed by atoms with van der Waals surface area (Å²) in [5.74, 6) is 1.16. The molecule has 0 aliphatic carbocycles. The zero-order chi connectivity index (χ0) is 12.7. The number of aromatic nitrogens is 1. The predicted molar refractivity (Wildman–Crippen MR) is 70.7 cm³/mol. The average molecular weight is 243 g/mol. The number of anilines is 1. The Kier molecular flexibility index (Phi) is 2.59. The fourth-order valence-electron chi connectivity index (χ4n) is 2.36. The maximum Gasteiger partial charge on any atom is 0.169 e. The summed E-state index contributed by atoms with van der Waals surface area (Å²) >= 11 is 0. The lowest BCUT2D eigenvalue weighted by atomic mass is 10.1. The molecule has 2 heterocycles. The first-order chi connectivity index (χ1) is 8.63. The normalized spacial score (nSPS) is 15.3. The Hall–Kier alpha value is -1.81. The molecule has 2 aromatic rings. The third-order valence-electron chi connectivity index (χ3n) is 3.50. The molecule has 3 rings (SSSR count). The second-order valence-corrected chi connectivity index (χ2v) is 5.10. The lowest BCUT2D eigenvalue weighted by molar-refractivity contribution is 0.227. The minimum atomic E-state index is 0.425. The molecule has 1 aliphatic heterocycles. The monoisotopic (exact) mass is 243 g/mol. The third-order valence-corrected chi connectivity index (χ3v) is 3.50. The summed E-state index contributed by atoms with van der Waals surface area (Å²) in [4.78, 5) is 2.45. The van der Waals surface area contributed by atoms with Crippen LogP contribution < -0.4 is 5.73 Å². The summed E-state index contributed by atoms with van der Waals surface area (Å²) < 4.78 is 5.20. The highest BCUT2D eigenvalue weighted by atomic mass is 16.5. The standard InChI is InChI=1S/C14H17N3O/c1-9(2)17-7-11-4-3-10(5-12(11)8-17)13-6-14(15)16-18-13/h3-6,9H,7-8H2,1-2H3,(H2,15,16). The zero-order valence-corrected chi connectivity index (χ0v) is 10.7. The summed E-state index contributed by atoms with van der Waals surface area (Å²) in [5.41, 5.74) is 9.40. The third kappa shape index (κ3) is 1.88. The number of nitrogens with zero attached hydrogens (tertiary/aromatic N) is 2. The molecule has 2 N–H and O–H groups in total. The van der Waals surface area contributed by atoms with Gasteiger partial charge in [-0.05, 0) is 31.0 Å². The van der Waals surface area contributed by atoms with Crippen LogP contribution in [0.25, 0.3) is 11.3 Å². The van der Waals surface area contributed by atoms with E-state index in [0.717, 1.165) is 24.4 Å². The van der Waals surface area contributed by atoms with Gasteiger partial charge >= 0.3 is 0 Å². The van der Waals surface area contributed by atoms with Gasteiger partial charge < -0.3 is 10.3 Å². The molecular formula is C14H17N3O. The number of nitrogen functional groups attached to an aromatic ring is 1. The molecule has 1 aliphatic rings. The smallest absolute Gasteiger partial charge is 0.169 e. The highest BCUT2D eigenvalue weighted by Crippen LogP contribution is 2.29. The molecule has 0 saturated carbocycles. The van der Waals surface area contributed by atoms with Crippen molar-refractivity contribution >= 4 is 5.82 Å². The first-order valence-electron chi connectivity index (χ1n) is 6.22. The number of nitrogens with two attached hydrogens (primary N) is 1. The van der Waals surface area contributed by atoms with Gasteiger partial charge in [0.1, 0.15) is 0 Å². The maximum absolute atomic E-state index is 5.58. The van der Waals surface area contributed by atoms with Crippen molar-refractivity contribution in [3.05, 3.63) is 35.4 Å². The largest absolute Gasteiger partial charge is 0.381 e. The maximum atomic E-state index is 5.58. The summed E-state index contributed by atoms with van der Waals surface area (Å²) in [6, 6.07) is 8.75. The fourth-order valence-corrected chi connectivity index (χ4v) is 2.36. The lowest BCUT2D eigenvalue weighted by Crippen LogP contribution is -2.24. The van der Waals surface area contributed by atoms with E-state index in [2.05, 4.69) is 42.1 Å². The Morgan fingerprint density at radius 1 is 1.22 bits per heavy atom. The fraction of sp³-hybridized carbons (Fsp3) is 0.357. The van der Waals surface area contributed by atoms with Crippen molar-refractivity contribution in [2.24, 2.45) is 0 Å². The van der Waals surface area contributed by atoms with Crippen molar-refractivity contribution in [1.29, 1.82) is 0 Å². The Labute approximate surface area is 106 Å². The molecule has 4 nitrogen and oxygen atoms in total. The quantitative estimate of drug-likeness (QED) is 0.881. The summed E-state index contributed by atoms with van der Waals surface area (Å²) in [7, 11) is 0. The molecule has 0 atom stereocenters. The van der Waals surface area contributed by atoms with Crippen LogP contribution in [0.15, 0.2) is 28.8 Å². The topological polar surface area (TPSA) is 55.3 Å². The number of fused-ring (bicyclic) bond motifs is 1. The Bertz CT molecular complexity index is 574. The molecule has 1 aromatic carbocycles. The van der Waals surface area contributed by atoms with E-state index < -0.39 is 0 Å². The van der Waals surface area contributed by atoms with Gasteiger partial charge in [-0.25, -0.2) is 0 Å². The van der Waals surface area contributed by atoms with Crippen molar-refractivity contribution in [2.45, 2.75) is 33.0 Å². The molecule has 0 fully saturated rings. The van der Waals surface area contributed by atoms with Gasteiger partial charge in [0.2, 0.25) is 0 Å². The number of hydrogen-bond acceptors (Lipinski definition) is 4. The first-order valence-corrected chi connectivity index (χ1v) is 6.22. The Morgan fingerprint density at radius 3 is 2.67 bits per heavy atom. The molecule has 0 amide bonds. The lowest BCUT2D eigenvalue weighted by Gasteiger charge is -2.18. The minimum absolute atomic E-state index is 0.425. The van der Waals surface area contributed by atoms with E-state index in [1.165, 1.54) is 11.1 Å². The Balaban J connectivity index is 1.92. The molecule has 0 unspecified atom stereocenters. The van der Waals surface area contributed by atoms with Gasteiger partial charge in [-0.3, -0.25) is 4.90 Å². The van der Waals surface area contributed by atoms with Gasteiger partial charge in [-0.2, -0.15) is 0 Å². The van der Waals surface area contributed by atoms with Crippen molar-refractivity contribution in [3.8, 4) is 11.3 Å². The van der Waals surface area contributed by atoms with Crippen LogP contribution in [0.4, 0.5) is 5.82 Å². The Morgan fingerprint density at radius 2 is 2.00 bits per heavy atom. The molecule has 0 spiro atoms. The zero-order valence-electron chi connectivity index (χ0n) is 10.7. The summed E-state index contributed by atoms with van der Waals surface area (Å²) in [6.07, 6.45) is 0. The van der Waals surface area contributed by atoms with Crippen LogP contribution in [0.3, 0.4) is 0 Å². The van der Waals surface area contributed by atoms with Crippen molar-refractivity contribution in [1.82, 2.24) is 10.1 Å². The highest BCUT2D eigenvalue weighted by molar-refractivity contribution is 5.62. The second kappa shape index (κ2) is 4.14. The van der Waals surface area contributed by atoms with Gasteiger partial charge in [0.05, 0.1) is 0 Å². The van der Waals surface area contributed by atoms with E-state index in [-0.39, 0.29) is 0 Å². The number of rotatable bonds is 2. The van der Waals surface area contributed by atoms with Crippen LogP contribution in [0.2, 0.25) is 0 Å². The van der Waals surface area contributed by atoms with Gasteiger partial charge in [0, 0.05) is 30.8 Å². The van der Waals surface area contributed by atoms with E-state index in [1.807, 2.05) is 0 Å². The number of benzene rings is 1. The molecular weight excluding hydrogens is 226 g/mol. The van der Waals surface area contributed by atoms with Crippen molar-refractivity contribution < 1.29 is 4.52 Å². The molecule has 4 heteroatoms. The van der Waals surface area contributed by atoms with E-state index in [0.29, 0.717) is 11.9 Å². The van der Waals surface area contributed by atoms with Gasteiger partial charge in [0.15, 0.2) is 11.6 Å². The van der Waals surface area contributed by atoms with Crippen LogP contribution >= 0.6 is 0 Å². The van der Waals surface area contributed by atoms with Crippen molar-refractivity contribution in [2.75, 3.05) is 5.73 Å². The van der Waals surface area contributed by atoms with Crippen LogP contribution in [-0.4, -0.2) is 16.1 Å². The van der Waals surface area contributed by atoms with Gasteiger partial charge in [-0.1, -0.05) is 17.3 Å². The summed E-state index contributed by atoms with van der Waals surface area (Å²) in [6.45, 7) is 6.49. The number of hydrogen-bond donors (Lipinski definition) is 1. The first kappa shape index (κ1) is 11.3. The van der Waals surface area contributed by atoms with E-state index >= 15 is 0 Å².